The predicted octanol–water partition coefficient (Wildman–Crippen LogP) is 3.36. The Hall–Kier alpha value is -3.27. The number of methoxy groups -OCH3 is 1. The summed E-state index contributed by atoms with van der Waals surface area (Å²) in [5, 5.41) is 9.94. The molecule has 2 aliphatic heterocycles. The van der Waals surface area contributed by atoms with Crippen LogP contribution in [0.2, 0.25) is 0 Å². The van der Waals surface area contributed by atoms with Gasteiger partial charge in [0.1, 0.15) is 18.0 Å². The summed E-state index contributed by atoms with van der Waals surface area (Å²) in [5.74, 6) is -4.32. The molecule has 2 heterocycles. The fourth-order valence-corrected chi connectivity index (χ4v) is 8.65. The molecule has 3 fully saturated rings. The van der Waals surface area contributed by atoms with Crippen molar-refractivity contribution in [1.82, 2.24) is 0 Å². The number of aliphatic hydroxyl groups excluding tert-OH is 1. The number of cyclic esters (lactones) is 2. The van der Waals surface area contributed by atoms with Crippen LogP contribution in [0.15, 0.2) is 34.9 Å². The Morgan fingerprint density at radius 3 is 2.38 bits per heavy atom. The van der Waals surface area contributed by atoms with Crippen LogP contribution in [0.25, 0.3) is 0 Å². The number of fused-ring (bicyclic) bond motifs is 6. The van der Waals surface area contributed by atoms with E-state index in [9.17, 15) is 29.1 Å². The zero-order valence-electron chi connectivity index (χ0n) is 25.2. The molecule has 0 aromatic carbocycles. The molecule has 3 aliphatic carbocycles. The number of ketones is 1. The Labute approximate surface area is 245 Å². The van der Waals surface area contributed by atoms with Crippen LogP contribution in [0.1, 0.15) is 67.2 Å². The van der Waals surface area contributed by atoms with Crippen LogP contribution in [-0.2, 0) is 42.9 Å². The molecular formula is C32H40O10. The van der Waals surface area contributed by atoms with Gasteiger partial charge in [-0.2, -0.15) is 0 Å². The summed E-state index contributed by atoms with van der Waals surface area (Å²) >= 11 is 0. The van der Waals surface area contributed by atoms with E-state index in [4.69, 9.17) is 18.9 Å². The van der Waals surface area contributed by atoms with E-state index in [1.807, 2.05) is 33.8 Å². The molecule has 2 bridgehead atoms. The highest BCUT2D eigenvalue weighted by atomic mass is 16.6. The van der Waals surface area contributed by atoms with Gasteiger partial charge in [-0.05, 0) is 50.5 Å². The van der Waals surface area contributed by atoms with Gasteiger partial charge >= 0.3 is 23.9 Å². The lowest BCUT2D eigenvalue weighted by molar-refractivity contribution is -0.194. The highest BCUT2D eigenvalue weighted by molar-refractivity contribution is 5.95. The van der Waals surface area contributed by atoms with Crippen molar-refractivity contribution in [3.8, 4) is 0 Å². The molecule has 1 saturated heterocycles. The van der Waals surface area contributed by atoms with E-state index in [0.717, 1.165) is 5.57 Å². The Morgan fingerprint density at radius 2 is 1.79 bits per heavy atom. The third kappa shape index (κ3) is 4.28. The number of carbonyl (C=O) groups is 5. The van der Waals surface area contributed by atoms with E-state index in [1.165, 1.54) is 13.2 Å². The normalized spacial score (nSPS) is 40.5. The van der Waals surface area contributed by atoms with Crippen molar-refractivity contribution < 1.29 is 48.0 Å². The highest BCUT2D eigenvalue weighted by Crippen LogP contribution is 2.67. The summed E-state index contributed by atoms with van der Waals surface area (Å²) in [6, 6.07) is 0. The second-order valence-electron chi connectivity index (χ2n) is 13.4. The van der Waals surface area contributed by atoms with E-state index >= 15 is 0 Å². The van der Waals surface area contributed by atoms with Crippen LogP contribution >= 0.6 is 0 Å². The van der Waals surface area contributed by atoms with Gasteiger partial charge in [-0.25, -0.2) is 9.59 Å². The van der Waals surface area contributed by atoms with E-state index in [0.29, 0.717) is 18.4 Å². The van der Waals surface area contributed by atoms with Crippen LogP contribution in [0.3, 0.4) is 0 Å². The van der Waals surface area contributed by atoms with Crippen molar-refractivity contribution in [1.29, 1.82) is 0 Å². The smallest absolute Gasteiger partial charge is 0.340 e. The van der Waals surface area contributed by atoms with Crippen LogP contribution in [0, 0.1) is 39.9 Å². The molecule has 2 saturated carbocycles. The Morgan fingerprint density at radius 1 is 1.10 bits per heavy atom. The molecule has 5 rings (SSSR count). The van der Waals surface area contributed by atoms with Crippen molar-refractivity contribution in [2.24, 2.45) is 39.9 Å². The molecule has 0 radical (unpaired) electrons. The second kappa shape index (κ2) is 10.2. The number of allylic oxidation sites excluding steroid dienone is 2. The maximum absolute atomic E-state index is 14.4. The number of esters is 4. The second-order valence-corrected chi connectivity index (χ2v) is 13.4. The van der Waals surface area contributed by atoms with E-state index in [2.05, 4.69) is 0 Å². The fraction of sp³-hybridized carbons (Fsp3) is 0.656. The molecule has 10 heteroatoms. The number of hydrogen-bond donors (Lipinski definition) is 1. The minimum absolute atomic E-state index is 0.0396. The first-order chi connectivity index (χ1) is 19.6. The molecule has 228 valence electrons. The van der Waals surface area contributed by atoms with Crippen molar-refractivity contribution >= 4 is 29.7 Å². The Balaban J connectivity index is 1.66. The summed E-state index contributed by atoms with van der Waals surface area (Å²) in [5.41, 5.74) is -1.11. The summed E-state index contributed by atoms with van der Waals surface area (Å²) in [6.07, 6.45) is 2.68. The van der Waals surface area contributed by atoms with Gasteiger partial charge in [0.15, 0.2) is 0 Å². The SMILES string of the molecule is C/C=C(\C)C(=O)O[C@@H]1[C@H]2C=C3[C@@H]4CC(=O)O[C@@H](C5=CC(O)OC5=O)[C@]4(C)CC[C@@H]3[C@](C)(C2=O)[C@@H](CC(=O)OC)C1(C)C. The zero-order chi connectivity index (χ0) is 30.9. The molecule has 5 aliphatic rings. The summed E-state index contributed by atoms with van der Waals surface area (Å²) in [4.78, 5) is 66.0. The lowest BCUT2D eigenvalue weighted by Gasteiger charge is -2.63. The van der Waals surface area contributed by atoms with Gasteiger partial charge in [-0.3, -0.25) is 14.4 Å². The first kappa shape index (κ1) is 30.2. The van der Waals surface area contributed by atoms with Gasteiger partial charge in [0.2, 0.25) is 6.29 Å². The van der Waals surface area contributed by atoms with Gasteiger partial charge in [0, 0.05) is 28.2 Å². The summed E-state index contributed by atoms with van der Waals surface area (Å²) in [7, 11) is 1.31. The average Bonchev–Trinajstić information content (AvgIpc) is 3.27. The molecule has 0 amide bonds. The van der Waals surface area contributed by atoms with Crippen LogP contribution in [0.4, 0.5) is 0 Å². The molecule has 1 unspecified atom stereocenters. The molecule has 1 N–H and O–H groups in total. The molecule has 42 heavy (non-hydrogen) atoms. The average molecular weight is 585 g/mol. The molecular weight excluding hydrogens is 544 g/mol. The van der Waals surface area contributed by atoms with E-state index < -0.39 is 76.4 Å². The number of aliphatic hydroxyl groups is 1. The van der Waals surface area contributed by atoms with Crippen molar-refractivity contribution in [3.05, 3.63) is 34.9 Å². The predicted molar refractivity (Wildman–Crippen MR) is 147 cm³/mol. The van der Waals surface area contributed by atoms with Crippen LogP contribution in [-0.4, -0.2) is 60.4 Å². The first-order valence-corrected chi connectivity index (χ1v) is 14.6. The molecule has 10 nitrogen and oxygen atoms in total. The van der Waals surface area contributed by atoms with E-state index in [1.54, 1.807) is 19.9 Å². The topological polar surface area (TPSA) is 142 Å². The zero-order valence-corrected chi connectivity index (χ0v) is 25.2. The molecule has 0 spiro atoms. The van der Waals surface area contributed by atoms with Gasteiger partial charge in [0.25, 0.3) is 0 Å². The first-order valence-electron chi connectivity index (χ1n) is 14.6. The van der Waals surface area contributed by atoms with Crippen molar-refractivity contribution in [2.45, 2.75) is 85.7 Å². The monoisotopic (exact) mass is 584 g/mol. The number of hydrogen-bond acceptors (Lipinski definition) is 10. The van der Waals surface area contributed by atoms with Crippen molar-refractivity contribution in [3.63, 3.8) is 0 Å². The van der Waals surface area contributed by atoms with Gasteiger partial charge in [-0.15, -0.1) is 0 Å². The summed E-state index contributed by atoms with van der Waals surface area (Å²) < 4.78 is 21.8. The lowest BCUT2D eigenvalue weighted by Crippen LogP contribution is -2.67. The Kier molecular flexibility index (Phi) is 7.32. The summed E-state index contributed by atoms with van der Waals surface area (Å²) in [6.45, 7) is 11.1. The number of rotatable bonds is 5. The number of carbonyl (C=O) groups excluding carboxylic acids is 5. The Bertz CT molecular complexity index is 1340. The molecule has 0 aromatic rings. The minimum Gasteiger partial charge on any atom is -0.469 e. The molecule has 9 atom stereocenters. The third-order valence-corrected chi connectivity index (χ3v) is 11.1. The highest BCUT2D eigenvalue weighted by Gasteiger charge is 2.69. The minimum atomic E-state index is -1.41. The van der Waals surface area contributed by atoms with Gasteiger partial charge < -0.3 is 24.1 Å². The fourth-order valence-electron chi connectivity index (χ4n) is 8.65. The number of Topliss-reactive ketones (excluding diaryl/α,β-unsaturated/α-hetero) is 1. The third-order valence-electron chi connectivity index (χ3n) is 11.1. The lowest BCUT2D eigenvalue weighted by atomic mass is 9.40. The maximum atomic E-state index is 14.4. The quantitative estimate of drug-likeness (QED) is 0.221. The van der Waals surface area contributed by atoms with Gasteiger partial charge in [-0.1, -0.05) is 45.4 Å². The van der Waals surface area contributed by atoms with Crippen LogP contribution < -0.4 is 0 Å². The van der Waals surface area contributed by atoms with Crippen LogP contribution in [0.5, 0.6) is 0 Å². The largest absolute Gasteiger partial charge is 0.469 e. The number of ether oxygens (including phenoxy) is 4. The van der Waals surface area contributed by atoms with Crippen molar-refractivity contribution in [2.75, 3.05) is 7.11 Å². The maximum Gasteiger partial charge on any atom is 0.340 e. The van der Waals surface area contributed by atoms with Gasteiger partial charge in [0.05, 0.1) is 25.0 Å². The molecule has 0 aromatic heterocycles. The van der Waals surface area contributed by atoms with E-state index in [-0.39, 0.29) is 30.1 Å². The standard InChI is InChI=1S/C32H40O10/c1-8-15(2)28(37)42-26-17-11-16-19(32(6,25(17)36)21(30(26,3)4)14-22(33)39-7)9-10-31(5)20(16)13-24(35)40-27(31)18-12-23(34)41-29(18)38/h8,11-12,17,19-21,23,26-27,34H,9-10,13-14H2,1-7H3/b15-8+/t17-,19-,20-,21-,23?,26+,27-,31+,32-/m0/s1.